The molecular weight excluding hydrogens is 344 g/mol. The minimum absolute atomic E-state index is 0.0370. The highest BCUT2D eigenvalue weighted by Gasteiger charge is 2.20. The van der Waals surface area contributed by atoms with Crippen molar-refractivity contribution >= 4 is 11.7 Å². The molecule has 0 fully saturated rings. The van der Waals surface area contributed by atoms with Crippen LogP contribution in [0.4, 0.5) is 5.69 Å². The van der Waals surface area contributed by atoms with Crippen LogP contribution in [0, 0.1) is 10.1 Å². The quantitative estimate of drug-likeness (QED) is 0.357. The molecule has 9 nitrogen and oxygen atoms in total. The van der Waals surface area contributed by atoms with Crippen molar-refractivity contribution in [2.24, 2.45) is 0 Å². The van der Waals surface area contributed by atoms with Crippen LogP contribution in [0.15, 0.2) is 51.6 Å². The summed E-state index contributed by atoms with van der Waals surface area (Å²) in [5.41, 5.74) is 0.114. The average molecular weight is 358 g/mol. The van der Waals surface area contributed by atoms with E-state index in [0.29, 0.717) is 17.2 Å². The van der Waals surface area contributed by atoms with Gasteiger partial charge in [0, 0.05) is 12.1 Å². The summed E-state index contributed by atoms with van der Waals surface area (Å²) >= 11 is 0. The van der Waals surface area contributed by atoms with E-state index in [1.165, 1.54) is 18.4 Å². The van der Waals surface area contributed by atoms with Gasteiger partial charge in [-0.15, -0.1) is 0 Å². The highest BCUT2D eigenvalue weighted by Crippen LogP contribution is 2.28. The molecule has 2 aromatic heterocycles. The molecule has 0 aliphatic carbocycles. The van der Waals surface area contributed by atoms with Gasteiger partial charge in [-0.05, 0) is 31.2 Å². The normalized spacial score (nSPS) is 10.5. The Morgan fingerprint density at radius 2 is 2.12 bits per heavy atom. The molecule has 0 radical (unpaired) electrons. The van der Waals surface area contributed by atoms with E-state index in [4.69, 9.17) is 18.4 Å². The Morgan fingerprint density at radius 1 is 1.27 bits per heavy atom. The molecule has 0 saturated carbocycles. The number of aromatic nitrogens is 1. The molecule has 0 spiro atoms. The third-order valence-electron chi connectivity index (χ3n) is 3.37. The molecule has 0 aliphatic rings. The molecule has 26 heavy (non-hydrogen) atoms. The Balaban J connectivity index is 1.68. The summed E-state index contributed by atoms with van der Waals surface area (Å²) < 4.78 is 20.6. The number of nitro benzene ring substituents is 1. The van der Waals surface area contributed by atoms with Crippen molar-refractivity contribution in [3.63, 3.8) is 0 Å². The lowest BCUT2D eigenvalue weighted by atomic mass is 10.2. The summed E-state index contributed by atoms with van der Waals surface area (Å²) in [4.78, 5) is 22.6. The number of esters is 1. The Hall–Kier alpha value is -3.62. The maximum atomic E-state index is 12.1. The third-order valence-corrected chi connectivity index (χ3v) is 3.37. The lowest BCUT2D eigenvalue weighted by Crippen LogP contribution is -2.07. The number of carbonyl (C=O) groups excluding carboxylic acids is 1. The second kappa shape index (κ2) is 7.51. The van der Waals surface area contributed by atoms with Crippen LogP contribution in [-0.4, -0.2) is 22.7 Å². The molecule has 0 unspecified atom stereocenters. The van der Waals surface area contributed by atoms with Gasteiger partial charge in [0.1, 0.15) is 12.3 Å². The lowest BCUT2D eigenvalue weighted by molar-refractivity contribution is -0.385. The Labute approximate surface area is 147 Å². The highest BCUT2D eigenvalue weighted by atomic mass is 16.6. The molecule has 0 atom stereocenters. The van der Waals surface area contributed by atoms with E-state index < -0.39 is 10.9 Å². The largest absolute Gasteiger partial charge is 0.487 e. The summed E-state index contributed by atoms with van der Waals surface area (Å²) in [6.45, 7) is 1.83. The van der Waals surface area contributed by atoms with Gasteiger partial charge in [-0.1, -0.05) is 5.16 Å². The van der Waals surface area contributed by atoms with Gasteiger partial charge in [-0.25, -0.2) is 4.79 Å². The van der Waals surface area contributed by atoms with Crippen LogP contribution in [0.2, 0.25) is 0 Å². The van der Waals surface area contributed by atoms with Crippen molar-refractivity contribution in [1.29, 1.82) is 0 Å². The van der Waals surface area contributed by atoms with E-state index >= 15 is 0 Å². The van der Waals surface area contributed by atoms with Crippen molar-refractivity contribution in [2.75, 3.05) is 6.61 Å². The summed E-state index contributed by atoms with van der Waals surface area (Å²) in [5, 5.41) is 14.9. The van der Waals surface area contributed by atoms with E-state index in [-0.39, 0.29) is 30.2 Å². The molecule has 0 bridgehead atoms. The summed E-state index contributed by atoms with van der Waals surface area (Å²) in [7, 11) is 0. The van der Waals surface area contributed by atoms with Crippen molar-refractivity contribution in [3.05, 3.63) is 64.0 Å². The van der Waals surface area contributed by atoms with E-state index in [2.05, 4.69) is 5.16 Å². The van der Waals surface area contributed by atoms with Gasteiger partial charge >= 0.3 is 11.7 Å². The fraction of sp³-hybridized carbons (Fsp3) is 0.176. The van der Waals surface area contributed by atoms with E-state index in [1.807, 2.05) is 0 Å². The van der Waals surface area contributed by atoms with Gasteiger partial charge in [0.05, 0.1) is 23.4 Å². The first-order valence-corrected chi connectivity index (χ1v) is 7.66. The highest BCUT2D eigenvalue weighted by molar-refractivity contribution is 5.90. The zero-order valence-corrected chi connectivity index (χ0v) is 13.7. The van der Waals surface area contributed by atoms with E-state index in [0.717, 1.165) is 6.07 Å². The van der Waals surface area contributed by atoms with Crippen LogP contribution >= 0.6 is 0 Å². The van der Waals surface area contributed by atoms with Gasteiger partial charge in [0.15, 0.2) is 11.5 Å². The van der Waals surface area contributed by atoms with Crippen LogP contribution in [0.5, 0.6) is 5.75 Å². The van der Waals surface area contributed by atoms with Crippen molar-refractivity contribution in [3.8, 4) is 17.3 Å². The molecule has 9 heteroatoms. The van der Waals surface area contributed by atoms with Gasteiger partial charge < -0.3 is 18.4 Å². The fourth-order valence-corrected chi connectivity index (χ4v) is 2.20. The van der Waals surface area contributed by atoms with Gasteiger partial charge in [-0.3, -0.25) is 10.1 Å². The predicted octanol–water partition coefficient (Wildman–Crippen LogP) is 3.60. The SMILES string of the molecule is CCOc1ccc(C(=O)OCc2cc(-c3ccco3)on2)cc1[N+](=O)[O-]. The molecule has 1 aromatic carbocycles. The molecule has 0 aliphatic heterocycles. The number of benzene rings is 1. The Morgan fingerprint density at radius 3 is 2.81 bits per heavy atom. The smallest absolute Gasteiger partial charge is 0.338 e. The van der Waals surface area contributed by atoms with Gasteiger partial charge in [-0.2, -0.15) is 0 Å². The number of nitrogens with zero attached hydrogens (tertiary/aromatic N) is 2. The second-order valence-electron chi connectivity index (χ2n) is 5.11. The van der Waals surface area contributed by atoms with Crippen LogP contribution in [0.1, 0.15) is 23.0 Å². The fourth-order valence-electron chi connectivity index (χ4n) is 2.20. The maximum Gasteiger partial charge on any atom is 0.338 e. The number of carbonyl (C=O) groups is 1. The third kappa shape index (κ3) is 3.72. The standard InChI is InChI=1S/C17H14N2O7/c1-2-23-14-6-5-11(8-13(14)19(21)22)17(20)25-10-12-9-16(26-18-12)15-4-3-7-24-15/h3-9H,2,10H2,1H3. The zero-order valence-electron chi connectivity index (χ0n) is 13.7. The molecule has 134 valence electrons. The first-order valence-electron chi connectivity index (χ1n) is 7.66. The predicted molar refractivity (Wildman–Crippen MR) is 87.6 cm³/mol. The van der Waals surface area contributed by atoms with Crippen molar-refractivity contribution in [2.45, 2.75) is 13.5 Å². The minimum Gasteiger partial charge on any atom is -0.487 e. The average Bonchev–Trinajstić information content (AvgIpc) is 3.31. The van der Waals surface area contributed by atoms with E-state index in [1.54, 1.807) is 25.1 Å². The number of hydrogen-bond acceptors (Lipinski definition) is 8. The molecule has 0 saturated heterocycles. The summed E-state index contributed by atoms with van der Waals surface area (Å²) in [6, 6.07) is 8.86. The van der Waals surface area contributed by atoms with Crippen LogP contribution in [0.3, 0.4) is 0 Å². The molecule has 3 aromatic rings. The zero-order chi connectivity index (χ0) is 18.5. The Bertz CT molecular complexity index is 915. The van der Waals surface area contributed by atoms with E-state index in [9.17, 15) is 14.9 Å². The second-order valence-corrected chi connectivity index (χ2v) is 5.11. The number of nitro groups is 1. The van der Waals surface area contributed by atoms with Crippen LogP contribution in [0.25, 0.3) is 11.5 Å². The molecule has 3 rings (SSSR count). The monoisotopic (exact) mass is 358 g/mol. The lowest BCUT2D eigenvalue weighted by Gasteiger charge is -2.06. The van der Waals surface area contributed by atoms with Gasteiger partial charge in [0.25, 0.3) is 0 Å². The number of hydrogen-bond donors (Lipinski definition) is 0. The van der Waals surface area contributed by atoms with Crippen molar-refractivity contribution in [1.82, 2.24) is 5.16 Å². The minimum atomic E-state index is -0.723. The molecule has 0 amide bonds. The van der Waals surface area contributed by atoms with Gasteiger partial charge in [0.2, 0.25) is 5.76 Å². The molecule has 0 N–H and O–H groups in total. The van der Waals surface area contributed by atoms with Crippen molar-refractivity contribution < 1.29 is 28.1 Å². The number of rotatable bonds is 7. The molecule has 2 heterocycles. The first kappa shape index (κ1) is 17.2. The Kier molecular flexibility index (Phi) is 4.97. The van der Waals surface area contributed by atoms with Crippen LogP contribution < -0.4 is 4.74 Å². The summed E-state index contributed by atoms with van der Waals surface area (Å²) in [5.74, 6) is 0.266. The maximum absolute atomic E-state index is 12.1. The first-order chi connectivity index (χ1) is 12.6. The number of furan rings is 1. The topological polar surface area (TPSA) is 118 Å². The number of ether oxygens (including phenoxy) is 2. The molecular formula is C17H14N2O7. The van der Waals surface area contributed by atoms with Crippen LogP contribution in [-0.2, 0) is 11.3 Å². The summed E-state index contributed by atoms with van der Waals surface area (Å²) in [6.07, 6.45) is 1.50.